The van der Waals surface area contributed by atoms with Gasteiger partial charge in [-0.15, -0.1) is 5.10 Å². The Balaban J connectivity index is 2.07. The second kappa shape index (κ2) is 4.30. The van der Waals surface area contributed by atoms with E-state index < -0.39 is 0 Å². The molecule has 0 aliphatic rings. The van der Waals surface area contributed by atoms with Crippen molar-refractivity contribution in [3.05, 3.63) is 41.0 Å². The minimum absolute atomic E-state index is 0.246. The summed E-state index contributed by atoms with van der Waals surface area (Å²) in [6.45, 7) is 4.10. The lowest BCUT2D eigenvalue weighted by atomic mass is 10.1. The number of anilines is 1. The van der Waals surface area contributed by atoms with Gasteiger partial charge in [-0.2, -0.15) is 0 Å². The average molecular weight is 221 g/mol. The minimum Gasteiger partial charge on any atom is -0.408 e. The largest absolute Gasteiger partial charge is 0.408 e. The molecule has 1 aromatic carbocycles. The van der Waals surface area contributed by atoms with E-state index in [-0.39, 0.29) is 5.82 Å². The van der Waals surface area contributed by atoms with E-state index in [4.69, 9.17) is 4.42 Å². The molecule has 0 bridgehead atoms. The summed E-state index contributed by atoms with van der Waals surface area (Å²) in [6.07, 6.45) is 0. The second-order valence-electron chi connectivity index (χ2n) is 3.55. The summed E-state index contributed by atoms with van der Waals surface area (Å²) >= 11 is 0. The van der Waals surface area contributed by atoms with E-state index in [2.05, 4.69) is 15.5 Å². The fourth-order valence-electron chi connectivity index (χ4n) is 1.37. The highest BCUT2D eigenvalue weighted by Crippen LogP contribution is 2.12. The van der Waals surface area contributed by atoms with Crippen molar-refractivity contribution < 1.29 is 8.81 Å². The fraction of sp³-hybridized carbons (Fsp3) is 0.273. The van der Waals surface area contributed by atoms with Crippen molar-refractivity contribution in [2.45, 2.75) is 20.4 Å². The number of nitrogens with one attached hydrogen (secondary N) is 1. The van der Waals surface area contributed by atoms with Gasteiger partial charge in [-0.1, -0.05) is 11.2 Å². The van der Waals surface area contributed by atoms with Gasteiger partial charge in [-0.05, 0) is 30.2 Å². The first-order chi connectivity index (χ1) is 7.65. The summed E-state index contributed by atoms with van der Waals surface area (Å²) in [4.78, 5) is 0. The molecule has 1 N–H and O–H groups in total. The van der Waals surface area contributed by atoms with Crippen LogP contribution >= 0.6 is 0 Å². The lowest BCUT2D eigenvalue weighted by Crippen LogP contribution is -2.02. The van der Waals surface area contributed by atoms with Crippen LogP contribution in [0.5, 0.6) is 0 Å². The van der Waals surface area contributed by atoms with Crippen LogP contribution < -0.4 is 5.32 Å². The van der Waals surface area contributed by atoms with Gasteiger partial charge in [0.2, 0.25) is 5.89 Å². The molecule has 0 radical (unpaired) electrons. The van der Waals surface area contributed by atoms with Crippen molar-refractivity contribution in [2.24, 2.45) is 0 Å². The Hall–Kier alpha value is -1.91. The highest BCUT2D eigenvalue weighted by molar-refractivity contribution is 5.30. The smallest absolute Gasteiger partial charge is 0.315 e. The van der Waals surface area contributed by atoms with Crippen molar-refractivity contribution in [1.82, 2.24) is 10.2 Å². The molecule has 0 amide bonds. The van der Waals surface area contributed by atoms with E-state index >= 15 is 0 Å². The lowest BCUT2D eigenvalue weighted by molar-refractivity contribution is 0.530. The van der Waals surface area contributed by atoms with E-state index in [0.717, 1.165) is 11.1 Å². The van der Waals surface area contributed by atoms with Crippen LogP contribution in [0.2, 0.25) is 0 Å². The molecule has 1 aromatic heterocycles. The second-order valence-corrected chi connectivity index (χ2v) is 3.55. The Morgan fingerprint density at radius 3 is 2.81 bits per heavy atom. The van der Waals surface area contributed by atoms with Crippen LogP contribution in [0.1, 0.15) is 17.0 Å². The van der Waals surface area contributed by atoms with Gasteiger partial charge in [-0.3, -0.25) is 0 Å². The fourth-order valence-corrected chi connectivity index (χ4v) is 1.37. The van der Waals surface area contributed by atoms with Gasteiger partial charge in [0.05, 0.1) is 0 Å². The van der Waals surface area contributed by atoms with Gasteiger partial charge in [0, 0.05) is 13.5 Å². The molecule has 2 rings (SSSR count). The molecule has 0 spiro atoms. The molecule has 0 aliphatic heterocycles. The van der Waals surface area contributed by atoms with Crippen molar-refractivity contribution in [1.29, 1.82) is 0 Å². The predicted octanol–water partition coefficient (Wildman–Crippen LogP) is 2.44. The van der Waals surface area contributed by atoms with E-state index in [0.29, 0.717) is 18.5 Å². The highest BCUT2D eigenvalue weighted by Gasteiger charge is 2.04. The van der Waals surface area contributed by atoms with Gasteiger partial charge in [0.1, 0.15) is 5.82 Å². The zero-order chi connectivity index (χ0) is 11.5. The monoisotopic (exact) mass is 221 g/mol. The van der Waals surface area contributed by atoms with Crippen LogP contribution in [0.3, 0.4) is 0 Å². The molecular formula is C11H12FN3O. The summed E-state index contributed by atoms with van der Waals surface area (Å²) in [5.74, 6) is 0.252. The van der Waals surface area contributed by atoms with Crippen molar-refractivity contribution >= 4 is 6.01 Å². The number of hydrogen-bond donors (Lipinski definition) is 1. The Labute approximate surface area is 92.5 Å². The molecule has 1 heterocycles. The third kappa shape index (κ3) is 2.36. The van der Waals surface area contributed by atoms with Crippen LogP contribution in [0.15, 0.2) is 22.6 Å². The van der Waals surface area contributed by atoms with Gasteiger partial charge >= 0.3 is 6.01 Å². The van der Waals surface area contributed by atoms with E-state index in [1.54, 1.807) is 13.0 Å². The number of aryl methyl sites for hydroxylation is 2. The van der Waals surface area contributed by atoms with Gasteiger partial charge in [0.15, 0.2) is 0 Å². The Morgan fingerprint density at radius 2 is 2.12 bits per heavy atom. The molecule has 0 saturated heterocycles. The number of rotatable bonds is 3. The van der Waals surface area contributed by atoms with E-state index in [9.17, 15) is 4.39 Å². The van der Waals surface area contributed by atoms with E-state index in [1.165, 1.54) is 12.1 Å². The van der Waals surface area contributed by atoms with Crippen LogP contribution in [0, 0.1) is 19.7 Å². The van der Waals surface area contributed by atoms with Gasteiger partial charge < -0.3 is 9.73 Å². The molecule has 2 aromatic rings. The maximum absolute atomic E-state index is 13.0. The molecule has 0 unspecified atom stereocenters. The molecule has 0 saturated carbocycles. The maximum atomic E-state index is 13.0. The van der Waals surface area contributed by atoms with Crippen molar-refractivity contribution in [3.8, 4) is 0 Å². The first kappa shape index (κ1) is 10.6. The number of nitrogens with zero attached hydrogens (tertiary/aromatic N) is 2. The molecule has 0 aliphatic carbocycles. The third-order valence-electron chi connectivity index (χ3n) is 2.27. The third-order valence-corrected chi connectivity index (χ3v) is 2.27. The maximum Gasteiger partial charge on any atom is 0.315 e. The minimum atomic E-state index is -0.246. The molecular weight excluding hydrogens is 209 g/mol. The molecule has 4 nitrogen and oxygen atoms in total. The Bertz CT molecular complexity index is 496. The normalized spacial score (nSPS) is 10.4. The zero-order valence-electron chi connectivity index (χ0n) is 9.12. The number of hydrogen-bond acceptors (Lipinski definition) is 4. The summed E-state index contributed by atoms with van der Waals surface area (Å²) < 4.78 is 18.1. The highest BCUT2D eigenvalue weighted by atomic mass is 19.1. The summed E-state index contributed by atoms with van der Waals surface area (Å²) in [7, 11) is 0. The summed E-state index contributed by atoms with van der Waals surface area (Å²) in [5.41, 5.74) is 1.89. The van der Waals surface area contributed by atoms with Crippen LogP contribution in [0.25, 0.3) is 0 Å². The molecule has 5 heteroatoms. The summed E-state index contributed by atoms with van der Waals surface area (Å²) in [5, 5.41) is 10.4. The van der Waals surface area contributed by atoms with Crippen molar-refractivity contribution in [3.63, 3.8) is 0 Å². The number of benzene rings is 1. The quantitative estimate of drug-likeness (QED) is 0.864. The van der Waals surface area contributed by atoms with Crippen LogP contribution in [0.4, 0.5) is 10.4 Å². The van der Waals surface area contributed by atoms with Crippen LogP contribution in [-0.4, -0.2) is 10.2 Å². The first-order valence-corrected chi connectivity index (χ1v) is 4.94. The Morgan fingerprint density at radius 1 is 1.31 bits per heavy atom. The molecule has 16 heavy (non-hydrogen) atoms. The summed E-state index contributed by atoms with van der Waals surface area (Å²) in [6, 6.07) is 5.02. The number of aromatic nitrogens is 2. The van der Waals surface area contributed by atoms with Crippen LogP contribution in [-0.2, 0) is 6.54 Å². The van der Waals surface area contributed by atoms with Gasteiger partial charge in [0.25, 0.3) is 0 Å². The SMILES string of the molecule is Cc1nnc(NCc2cc(F)ccc2C)o1. The topological polar surface area (TPSA) is 51.0 Å². The molecule has 84 valence electrons. The molecule has 0 atom stereocenters. The number of halogens is 1. The predicted molar refractivity (Wildman–Crippen MR) is 57.5 cm³/mol. The van der Waals surface area contributed by atoms with Gasteiger partial charge in [-0.25, -0.2) is 4.39 Å². The first-order valence-electron chi connectivity index (χ1n) is 4.94. The van der Waals surface area contributed by atoms with Crippen molar-refractivity contribution in [2.75, 3.05) is 5.32 Å². The average Bonchev–Trinajstić information content (AvgIpc) is 2.66. The lowest BCUT2D eigenvalue weighted by Gasteiger charge is -2.05. The standard InChI is InChI=1S/C11H12FN3O/c1-7-3-4-10(12)5-9(7)6-13-11-15-14-8(2)16-11/h3-5H,6H2,1-2H3,(H,13,15). The zero-order valence-corrected chi connectivity index (χ0v) is 9.12. The van der Waals surface area contributed by atoms with E-state index in [1.807, 2.05) is 6.92 Å². The molecule has 0 fully saturated rings. The Kier molecular flexibility index (Phi) is 2.85.